The van der Waals surface area contributed by atoms with Gasteiger partial charge in [0.05, 0.1) is 5.83 Å². The van der Waals surface area contributed by atoms with E-state index in [-0.39, 0.29) is 5.83 Å². The zero-order valence-electron chi connectivity index (χ0n) is 5.11. The maximum absolute atomic E-state index is 11.8. The molecule has 0 rings (SSSR count). The van der Waals surface area contributed by atoms with Crippen molar-refractivity contribution >= 4 is 0 Å². The molecule has 0 amide bonds. The smallest absolute Gasteiger partial charge is 0.0969 e. The Hall–Kier alpha value is -0.790. The maximum atomic E-state index is 11.8. The van der Waals surface area contributed by atoms with Gasteiger partial charge >= 0.3 is 0 Å². The van der Waals surface area contributed by atoms with Gasteiger partial charge in [0.2, 0.25) is 0 Å². The lowest BCUT2D eigenvalue weighted by atomic mass is 10.4. The maximum Gasteiger partial charge on any atom is 0.0969 e. The second-order valence-corrected chi connectivity index (χ2v) is 1.66. The van der Waals surface area contributed by atoms with Crippen molar-refractivity contribution in [3.63, 3.8) is 0 Å². The zero-order valence-corrected chi connectivity index (χ0v) is 5.11. The molecule has 0 fully saturated rings. The van der Waals surface area contributed by atoms with Crippen molar-refractivity contribution in [2.45, 2.75) is 13.8 Å². The van der Waals surface area contributed by atoms with Crippen LogP contribution in [-0.4, -0.2) is 0 Å². The summed E-state index contributed by atoms with van der Waals surface area (Å²) >= 11 is 0. The fourth-order valence-electron chi connectivity index (χ4n) is 0.246. The van der Waals surface area contributed by atoms with E-state index in [1.165, 1.54) is 19.1 Å². The van der Waals surface area contributed by atoms with Gasteiger partial charge in [0.15, 0.2) is 0 Å². The summed E-state index contributed by atoms with van der Waals surface area (Å²) < 4.78 is 11.8. The van der Waals surface area contributed by atoms with Crippen molar-refractivity contribution in [3.8, 4) is 0 Å². The first-order valence-electron chi connectivity index (χ1n) is 2.39. The Kier molecular flexibility index (Phi) is 2.92. The monoisotopic (exact) mass is 115 g/mol. The van der Waals surface area contributed by atoms with Gasteiger partial charge in [-0.2, -0.15) is 0 Å². The molecule has 0 radical (unpaired) electrons. The normalized spacial score (nSPS) is 14.4. The van der Waals surface area contributed by atoms with Gasteiger partial charge in [0, 0.05) is 5.70 Å². The lowest BCUT2D eigenvalue weighted by Crippen LogP contribution is -1.87. The number of hydrogen-bond acceptors (Lipinski definition) is 1. The van der Waals surface area contributed by atoms with E-state index in [0.717, 1.165) is 0 Å². The van der Waals surface area contributed by atoms with E-state index < -0.39 is 0 Å². The van der Waals surface area contributed by atoms with Gasteiger partial charge in [0.25, 0.3) is 0 Å². The highest BCUT2D eigenvalue weighted by Gasteiger charge is 1.75. The zero-order chi connectivity index (χ0) is 6.57. The van der Waals surface area contributed by atoms with Gasteiger partial charge in [-0.1, -0.05) is 0 Å². The molecule has 1 nitrogen and oxygen atoms in total. The summed E-state index contributed by atoms with van der Waals surface area (Å²) in [6.07, 6.45) is 2.85. The molecule has 2 N–H and O–H groups in total. The summed E-state index contributed by atoms with van der Waals surface area (Å²) in [5, 5.41) is 0. The number of allylic oxidation sites excluding steroid dienone is 4. The molecular formula is C6H10FN. The van der Waals surface area contributed by atoms with Crippen LogP contribution in [0.4, 0.5) is 4.39 Å². The van der Waals surface area contributed by atoms with Gasteiger partial charge in [-0.3, -0.25) is 0 Å². The fourth-order valence-corrected chi connectivity index (χ4v) is 0.246. The van der Waals surface area contributed by atoms with Crippen molar-refractivity contribution in [2.24, 2.45) is 5.73 Å². The van der Waals surface area contributed by atoms with Crippen LogP contribution in [0, 0.1) is 0 Å². The standard InChI is InChI=1S/C6H10FN/c1-5(7)3-4-6(2)8/h3-4H,8H2,1-2H3/b5-3+,6-4+. The quantitative estimate of drug-likeness (QED) is 0.517. The molecule has 0 spiro atoms. The molecule has 0 heterocycles. The average molecular weight is 115 g/mol. The van der Waals surface area contributed by atoms with Crippen LogP contribution >= 0.6 is 0 Å². The van der Waals surface area contributed by atoms with Crippen molar-refractivity contribution in [1.82, 2.24) is 0 Å². The molecule has 0 atom stereocenters. The van der Waals surface area contributed by atoms with E-state index in [0.29, 0.717) is 5.70 Å². The number of hydrogen-bond donors (Lipinski definition) is 1. The average Bonchev–Trinajstić information content (AvgIpc) is 1.61. The van der Waals surface area contributed by atoms with Crippen LogP contribution < -0.4 is 5.73 Å². The summed E-state index contributed by atoms with van der Waals surface area (Å²) in [6, 6.07) is 0. The van der Waals surface area contributed by atoms with Gasteiger partial charge < -0.3 is 5.73 Å². The second-order valence-electron chi connectivity index (χ2n) is 1.66. The minimum absolute atomic E-state index is 0.227. The van der Waals surface area contributed by atoms with Crippen molar-refractivity contribution in [1.29, 1.82) is 0 Å². The molecule has 0 aliphatic heterocycles. The van der Waals surface area contributed by atoms with Crippen LogP contribution in [-0.2, 0) is 0 Å². The summed E-state index contributed by atoms with van der Waals surface area (Å²) in [6.45, 7) is 3.08. The molecule has 8 heavy (non-hydrogen) atoms. The highest BCUT2D eigenvalue weighted by molar-refractivity contribution is 5.09. The third-order valence-electron chi connectivity index (χ3n) is 0.576. The summed E-state index contributed by atoms with van der Waals surface area (Å²) in [7, 11) is 0. The van der Waals surface area contributed by atoms with Crippen molar-refractivity contribution in [2.75, 3.05) is 0 Å². The second kappa shape index (κ2) is 3.24. The van der Waals surface area contributed by atoms with E-state index >= 15 is 0 Å². The van der Waals surface area contributed by atoms with Crippen LogP contribution in [0.1, 0.15) is 13.8 Å². The van der Waals surface area contributed by atoms with E-state index in [1.54, 1.807) is 6.92 Å². The molecular weight excluding hydrogens is 105 g/mol. The minimum Gasteiger partial charge on any atom is -0.402 e. The first kappa shape index (κ1) is 7.21. The molecule has 0 unspecified atom stereocenters. The first-order chi connectivity index (χ1) is 3.63. The van der Waals surface area contributed by atoms with Crippen LogP contribution in [0.3, 0.4) is 0 Å². The fraction of sp³-hybridized carbons (Fsp3) is 0.333. The first-order valence-corrected chi connectivity index (χ1v) is 2.39. The van der Waals surface area contributed by atoms with Gasteiger partial charge in [-0.15, -0.1) is 0 Å². The summed E-state index contributed by atoms with van der Waals surface area (Å²) in [5.41, 5.74) is 5.80. The molecule has 0 aromatic carbocycles. The summed E-state index contributed by atoms with van der Waals surface area (Å²) in [4.78, 5) is 0. The Morgan fingerprint density at radius 2 is 1.88 bits per heavy atom. The lowest BCUT2D eigenvalue weighted by molar-refractivity contribution is 0.640. The van der Waals surface area contributed by atoms with E-state index in [1.807, 2.05) is 0 Å². The third kappa shape index (κ3) is 5.21. The van der Waals surface area contributed by atoms with E-state index in [2.05, 4.69) is 0 Å². The highest BCUT2D eigenvalue weighted by atomic mass is 19.1. The van der Waals surface area contributed by atoms with Gasteiger partial charge in [-0.05, 0) is 26.0 Å². The van der Waals surface area contributed by atoms with Crippen molar-refractivity contribution in [3.05, 3.63) is 23.7 Å². The molecule has 0 aromatic rings. The SMILES string of the molecule is C/C(N)=C\C=C(/C)F. The highest BCUT2D eigenvalue weighted by Crippen LogP contribution is 1.93. The number of halogens is 1. The Bertz CT molecular complexity index is 100. The van der Waals surface area contributed by atoms with E-state index in [4.69, 9.17) is 5.73 Å². The van der Waals surface area contributed by atoms with Gasteiger partial charge in [0.1, 0.15) is 0 Å². The predicted molar refractivity (Wildman–Crippen MR) is 32.8 cm³/mol. The molecule has 0 aliphatic rings. The molecule has 2 heteroatoms. The van der Waals surface area contributed by atoms with Crippen LogP contribution in [0.25, 0.3) is 0 Å². The van der Waals surface area contributed by atoms with E-state index in [9.17, 15) is 4.39 Å². The molecule has 0 bridgehead atoms. The largest absolute Gasteiger partial charge is 0.402 e. The number of nitrogens with two attached hydrogens (primary N) is 1. The van der Waals surface area contributed by atoms with Crippen LogP contribution in [0.15, 0.2) is 23.7 Å². The minimum atomic E-state index is -0.227. The Morgan fingerprint density at radius 3 is 2.00 bits per heavy atom. The third-order valence-corrected chi connectivity index (χ3v) is 0.576. The van der Waals surface area contributed by atoms with Crippen molar-refractivity contribution < 1.29 is 4.39 Å². The van der Waals surface area contributed by atoms with Gasteiger partial charge in [-0.25, -0.2) is 4.39 Å². The predicted octanol–water partition coefficient (Wildman–Crippen LogP) is 1.72. The molecule has 0 aliphatic carbocycles. The molecule has 0 saturated heterocycles. The molecule has 0 saturated carbocycles. The molecule has 46 valence electrons. The Labute approximate surface area is 48.7 Å². The topological polar surface area (TPSA) is 26.0 Å². The number of rotatable bonds is 1. The Morgan fingerprint density at radius 1 is 1.38 bits per heavy atom. The molecule has 0 aromatic heterocycles. The lowest BCUT2D eigenvalue weighted by Gasteiger charge is -1.82. The Balaban J connectivity index is 3.76. The van der Waals surface area contributed by atoms with Crippen LogP contribution in [0.5, 0.6) is 0 Å². The van der Waals surface area contributed by atoms with Crippen LogP contribution in [0.2, 0.25) is 0 Å². The summed E-state index contributed by atoms with van der Waals surface area (Å²) in [5.74, 6) is -0.227.